The standard InChI is InChI=1S/C21H26O2S/c1-14-10-15(2)21(16(3)11-14)23-19-12-20(22-13-17(19)4)24-18-8-6-5-7-9-18/h5-11,17,19-20H,12-13H2,1-4H3/t17-,19-,20+/m0/s1. The van der Waals surface area contributed by atoms with Gasteiger partial charge in [0.25, 0.3) is 0 Å². The average molecular weight is 343 g/mol. The van der Waals surface area contributed by atoms with Gasteiger partial charge in [0.2, 0.25) is 0 Å². The summed E-state index contributed by atoms with van der Waals surface area (Å²) in [5, 5.41) is 0. The van der Waals surface area contributed by atoms with Gasteiger partial charge in [-0.05, 0) is 44.0 Å². The second-order valence-electron chi connectivity index (χ2n) is 6.79. The molecule has 1 aliphatic rings. The van der Waals surface area contributed by atoms with Crippen LogP contribution in [0.1, 0.15) is 30.0 Å². The third-order valence-corrected chi connectivity index (χ3v) is 5.62. The van der Waals surface area contributed by atoms with E-state index in [9.17, 15) is 0 Å². The second-order valence-corrected chi connectivity index (χ2v) is 8.02. The zero-order chi connectivity index (χ0) is 17.1. The maximum absolute atomic E-state index is 6.46. The molecule has 128 valence electrons. The van der Waals surface area contributed by atoms with Gasteiger partial charge in [-0.3, -0.25) is 0 Å². The molecule has 0 bridgehead atoms. The van der Waals surface area contributed by atoms with Crippen LogP contribution >= 0.6 is 11.8 Å². The fraction of sp³-hybridized carbons (Fsp3) is 0.429. The lowest BCUT2D eigenvalue weighted by atomic mass is 10.00. The molecule has 0 amide bonds. The number of rotatable bonds is 4. The summed E-state index contributed by atoms with van der Waals surface area (Å²) in [6, 6.07) is 14.8. The largest absolute Gasteiger partial charge is 0.489 e. The van der Waals surface area contributed by atoms with Gasteiger partial charge in [0.1, 0.15) is 17.3 Å². The molecule has 2 aromatic rings. The minimum atomic E-state index is 0.152. The Bertz CT molecular complexity index is 660. The maximum atomic E-state index is 6.46. The first-order valence-corrected chi connectivity index (χ1v) is 9.48. The number of aryl methyl sites for hydroxylation is 3. The third kappa shape index (κ3) is 4.14. The highest BCUT2D eigenvalue weighted by Gasteiger charge is 2.31. The fourth-order valence-corrected chi connectivity index (χ4v) is 4.31. The summed E-state index contributed by atoms with van der Waals surface area (Å²) in [6.07, 6.45) is 1.10. The molecule has 0 N–H and O–H groups in total. The van der Waals surface area contributed by atoms with Crippen molar-refractivity contribution in [1.29, 1.82) is 0 Å². The molecule has 3 rings (SSSR count). The molecule has 3 atom stereocenters. The van der Waals surface area contributed by atoms with Crippen LogP contribution in [0.5, 0.6) is 5.75 Å². The topological polar surface area (TPSA) is 18.5 Å². The monoisotopic (exact) mass is 342 g/mol. The minimum absolute atomic E-state index is 0.152. The van der Waals surface area contributed by atoms with Crippen LogP contribution < -0.4 is 4.74 Å². The van der Waals surface area contributed by atoms with E-state index >= 15 is 0 Å². The number of benzene rings is 2. The van der Waals surface area contributed by atoms with Crippen molar-refractivity contribution in [3.63, 3.8) is 0 Å². The van der Waals surface area contributed by atoms with Gasteiger partial charge in [0.15, 0.2) is 0 Å². The fourth-order valence-electron chi connectivity index (χ4n) is 3.26. The molecule has 2 aromatic carbocycles. The zero-order valence-corrected chi connectivity index (χ0v) is 15.7. The van der Waals surface area contributed by atoms with Crippen molar-refractivity contribution in [3.05, 3.63) is 59.2 Å². The van der Waals surface area contributed by atoms with Crippen LogP contribution in [0.4, 0.5) is 0 Å². The summed E-state index contributed by atoms with van der Waals surface area (Å²) in [5.74, 6) is 1.44. The first-order chi connectivity index (χ1) is 11.5. The SMILES string of the molecule is Cc1cc(C)c(O[C@H]2C[C@@H](Sc3ccccc3)OC[C@@H]2C)c(C)c1. The molecule has 24 heavy (non-hydrogen) atoms. The van der Waals surface area contributed by atoms with Crippen LogP contribution in [0.15, 0.2) is 47.4 Å². The quantitative estimate of drug-likeness (QED) is 0.727. The average Bonchev–Trinajstić information content (AvgIpc) is 2.54. The van der Waals surface area contributed by atoms with Crippen LogP contribution in [0, 0.1) is 26.7 Å². The first kappa shape index (κ1) is 17.4. The Morgan fingerprint density at radius 1 is 1.04 bits per heavy atom. The maximum Gasteiger partial charge on any atom is 0.125 e. The van der Waals surface area contributed by atoms with E-state index < -0.39 is 0 Å². The highest BCUT2D eigenvalue weighted by molar-refractivity contribution is 7.99. The second kappa shape index (κ2) is 7.62. The van der Waals surface area contributed by atoms with Crippen LogP contribution in [0.3, 0.4) is 0 Å². The Morgan fingerprint density at radius 2 is 1.71 bits per heavy atom. The zero-order valence-electron chi connectivity index (χ0n) is 14.9. The van der Waals surface area contributed by atoms with E-state index in [4.69, 9.17) is 9.47 Å². The number of hydrogen-bond acceptors (Lipinski definition) is 3. The lowest BCUT2D eigenvalue weighted by Crippen LogP contribution is -2.38. The van der Waals surface area contributed by atoms with E-state index in [0.29, 0.717) is 5.92 Å². The van der Waals surface area contributed by atoms with E-state index in [1.807, 2.05) is 6.07 Å². The summed E-state index contributed by atoms with van der Waals surface area (Å²) >= 11 is 1.79. The van der Waals surface area contributed by atoms with Crippen LogP contribution in [0.2, 0.25) is 0 Å². The summed E-state index contributed by atoms with van der Waals surface area (Å²) in [6.45, 7) is 9.37. The molecule has 2 nitrogen and oxygen atoms in total. The summed E-state index contributed by atoms with van der Waals surface area (Å²) < 4.78 is 12.5. The summed E-state index contributed by atoms with van der Waals surface area (Å²) in [4.78, 5) is 1.25. The molecule has 0 unspecified atom stereocenters. The lowest BCUT2D eigenvalue weighted by molar-refractivity contribution is -0.0320. The van der Waals surface area contributed by atoms with Crippen LogP contribution in [-0.2, 0) is 4.74 Å². The van der Waals surface area contributed by atoms with E-state index in [-0.39, 0.29) is 11.5 Å². The van der Waals surface area contributed by atoms with Crippen molar-refractivity contribution >= 4 is 11.8 Å². The smallest absolute Gasteiger partial charge is 0.125 e. The highest BCUT2D eigenvalue weighted by atomic mass is 32.2. The van der Waals surface area contributed by atoms with Crippen LogP contribution in [0.25, 0.3) is 0 Å². The van der Waals surface area contributed by atoms with Gasteiger partial charge in [0, 0.05) is 17.2 Å². The number of thioether (sulfide) groups is 1. The van der Waals surface area contributed by atoms with Gasteiger partial charge in [-0.2, -0.15) is 0 Å². The number of ether oxygens (including phenoxy) is 2. The van der Waals surface area contributed by atoms with Crippen molar-refractivity contribution in [3.8, 4) is 5.75 Å². The molecule has 1 saturated heterocycles. The Hall–Kier alpha value is -1.45. The molecular formula is C21H26O2S. The lowest BCUT2D eigenvalue weighted by Gasteiger charge is -2.35. The molecule has 0 saturated carbocycles. The predicted molar refractivity (Wildman–Crippen MR) is 101 cm³/mol. The van der Waals surface area contributed by atoms with Gasteiger partial charge < -0.3 is 9.47 Å². The number of hydrogen-bond donors (Lipinski definition) is 0. The molecular weight excluding hydrogens is 316 g/mol. The van der Waals surface area contributed by atoms with Crippen molar-refractivity contribution in [2.45, 2.75) is 50.6 Å². The molecule has 0 radical (unpaired) electrons. The Morgan fingerprint density at radius 3 is 2.38 bits per heavy atom. The van der Waals surface area contributed by atoms with E-state index in [0.717, 1.165) is 18.8 Å². The third-order valence-electron chi connectivity index (χ3n) is 4.49. The van der Waals surface area contributed by atoms with Crippen molar-refractivity contribution in [2.24, 2.45) is 5.92 Å². The van der Waals surface area contributed by atoms with Gasteiger partial charge in [-0.15, -0.1) is 0 Å². The first-order valence-electron chi connectivity index (χ1n) is 8.60. The summed E-state index contributed by atoms with van der Waals surface area (Å²) in [5.41, 5.74) is 3.88. The Balaban J connectivity index is 1.70. The summed E-state index contributed by atoms with van der Waals surface area (Å²) in [7, 11) is 0. The van der Waals surface area contributed by atoms with Gasteiger partial charge in [-0.1, -0.05) is 54.6 Å². The normalized spacial score (nSPS) is 23.9. The molecule has 1 fully saturated rings. The van der Waals surface area contributed by atoms with E-state index in [2.05, 4.69) is 64.1 Å². The highest BCUT2D eigenvalue weighted by Crippen LogP contribution is 2.35. The molecule has 3 heteroatoms. The molecule has 0 spiro atoms. The molecule has 0 aromatic heterocycles. The Labute approximate surface area is 149 Å². The minimum Gasteiger partial charge on any atom is -0.489 e. The van der Waals surface area contributed by atoms with Gasteiger partial charge in [-0.25, -0.2) is 0 Å². The van der Waals surface area contributed by atoms with Gasteiger partial charge >= 0.3 is 0 Å². The van der Waals surface area contributed by atoms with Crippen molar-refractivity contribution < 1.29 is 9.47 Å². The Kier molecular flexibility index (Phi) is 5.52. The van der Waals surface area contributed by atoms with Crippen LogP contribution in [-0.4, -0.2) is 18.1 Å². The molecule has 1 aliphatic heterocycles. The van der Waals surface area contributed by atoms with E-state index in [1.165, 1.54) is 21.6 Å². The van der Waals surface area contributed by atoms with E-state index in [1.54, 1.807) is 11.8 Å². The molecule has 0 aliphatic carbocycles. The van der Waals surface area contributed by atoms with Crippen molar-refractivity contribution in [1.82, 2.24) is 0 Å². The van der Waals surface area contributed by atoms with Crippen molar-refractivity contribution in [2.75, 3.05) is 6.61 Å². The molecule has 1 heterocycles. The van der Waals surface area contributed by atoms with Gasteiger partial charge in [0.05, 0.1) is 6.61 Å². The predicted octanol–water partition coefficient (Wildman–Crippen LogP) is 5.53.